The lowest BCUT2D eigenvalue weighted by Gasteiger charge is -2.13. The fraction of sp³-hybridized carbons (Fsp3) is 0. The Morgan fingerprint density at radius 3 is 1.96 bits per heavy atom. The molecule has 0 fully saturated rings. The molecule has 0 radical (unpaired) electrons. The van der Waals surface area contributed by atoms with Crippen LogP contribution >= 0.6 is 0 Å². The van der Waals surface area contributed by atoms with E-state index in [1.54, 1.807) is 18.2 Å². The Hall–Kier alpha value is -2.79. The van der Waals surface area contributed by atoms with Crippen LogP contribution in [-0.4, -0.2) is 31.8 Å². The van der Waals surface area contributed by atoms with E-state index in [-0.39, 0.29) is 22.0 Å². The van der Waals surface area contributed by atoms with Crippen LogP contribution in [-0.2, 0) is 20.2 Å². The zero-order chi connectivity index (χ0) is 19.8. The Morgan fingerprint density at radius 2 is 1.37 bits per heavy atom. The van der Waals surface area contributed by atoms with Crippen molar-refractivity contribution < 1.29 is 30.7 Å². The molecular formula is C17H13NO7S2. The first-order valence-electron chi connectivity index (χ1n) is 7.46. The summed E-state index contributed by atoms with van der Waals surface area (Å²) in [5.41, 5.74) is 0.244. The van der Waals surface area contributed by atoms with Crippen molar-refractivity contribution in [2.24, 2.45) is 0 Å². The number of carbonyl (C=O) groups excluding carboxylic acids is 1. The van der Waals surface area contributed by atoms with E-state index in [2.05, 4.69) is 5.32 Å². The van der Waals surface area contributed by atoms with Crippen molar-refractivity contribution in [3.63, 3.8) is 0 Å². The molecule has 0 aliphatic heterocycles. The average molecular weight is 407 g/mol. The van der Waals surface area contributed by atoms with Crippen molar-refractivity contribution in [3.8, 4) is 0 Å². The van der Waals surface area contributed by atoms with Crippen LogP contribution < -0.4 is 5.32 Å². The molecule has 0 saturated heterocycles. The smallest absolute Gasteiger partial charge is 0.295 e. The van der Waals surface area contributed by atoms with Crippen molar-refractivity contribution in [2.45, 2.75) is 9.79 Å². The van der Waals surface area contributed by atoms with E-state index in [1.807, 2.05) is 0 Å². The third kappa shape index (κ3) is 3.83. The van der Waals surface area contributed by atoms with Gasteiger partial charge in [0.05, 0.1) is 5.69 Å². The number of amides is 1. The van der Waals surface area contributed by atoms with Gasteiger partial charge in [0.2, 0.25) is 0 Å². The van der Waals surface area contributed by atoms with Gasteiger partial charge < -0.3 is 5.32 Å². The maximum absolute atomic E-state index is 12.4. The van der Waals surface area contributed by atoms with E-state index in [1.165, 1.54) is 24.3 Å². The highest BCUT2D eigenvalue weighted by atomic mass is 32.2. The van der Waals surface area contributed by atoms with E-state index >= 15 is 0 Å². The molecule has 0 atom stereocenters. The summed E-state index contributed by atoms with van der Waals surface area (Å²) in [4.78, 5) is 11.3. The summed E-state index contributed by atoms with van der Waals surface area (Å²) in [5, 5.41) is 2.10. The van der Waals surface area contributed by atoms with Gasteiger partial charge in [-0.25, -0.2) is 0 Å². The van der Waals surface area contributed by atoms with Crippen LogP contribution in [0.25, 0.3) is 10.8 Å². The van der Waals surface area contributed by atoms with E-state index < -0.39 is 35.9 Å². The Kier molecular flexibility index (Phi) is 4.74. The van der Waals surface area contributed by atoms with Gasteiger partial charge in [-0.15, -0.1) is 0 Å². The van der Waals surface area contributed by atoms with Crippen LogP contribution in [0.15, 0.2) is 70.5 Å². The Balaban J connectivity index is 2.29. The normalized spacial score (nSPS) is 12.1. The van der Waals surface area contributed by atoms with E-state index in [9.17, 15) is 30.7 Å². The molecule has 3 N–H and O–H groups in total. The predicted octanol–water partition coefficient (Wildman–Crippen LogP) is 2.59. The summed E-state index contributed by atoms with van der Waals surface area (Å²) in [6, 6.07) is 13.8. The number of anilines is 1. The lowest BCUT2D eigenvalue weighted by atomic mass is 10.1. The summed E-state index contributed by atoms with van der Waals surface area (Å²) in [6.45, 7) is 0. The zero-order valence-electron chi connectivity index (χ0n) is 13.5. The number of nitrogens with one attached hydrogen (secondary N) is 1. The van der Waals surface area contributed by atoms with Gasteiger partial charge in [-0.3, -0.25) is 13.9 Å². The standard InChI is InChI=1S/C17H13NO7S2/c19-17(11-5-2-1-3-6-11)18-13-9-10-14(26(20,21)22)12-7-4-8-15(16(12)13)27(23,24)25/h1-10H,(H,18,19)(H,20,21,22)(H,23,24,25). The summed E-state index contributed by atoms with van der Waals surface area (Å²) >= 11 is 0. The van der Waals surface area contributed by atoms with Crippen LogP contribution in [0.4, 0.5) is 5.69 Å². The molecule has 0 saturated carbocycles. The van der Waals surface area contributed by atoms with Gasteiger partial charge in [0.15, 0.2) is 0 Å². The second kappa shape index (κ2) is 6.74. The van der Waals surface area contributed by atoms with Crippen molar-refractivity contribution in [1.29, 1.82) is 0 Å². The fourth-order valence-corrected chi connectivity index (χ4v) is 4.09. The third-order valence-electron chi connectivity index (χ3n) is 3.80. The lowest BCUT2D eigenvalue weighted by molar-refractivity contribution is 0.102. The molecule has 0 unspecified atom stereocenters. The number of hydrogen-bond donors (Lipinski definition) is 3. The topological polar surface area (TPSA) is 138 Å². The third-order valence-corrected chi connectivity index (χ3v) is 5.61. The van der Waals surface area contributed by atoms with Gasteiger partial charge in [-0.1, -0.05) is 30.3 Å². The van der Waals surface area contributed by atoms with Crippen molar-refractivity contribution in [3.05, 3.63) is 66.2 Å². The quantitative estimate of drug-likeness (QED) is 0.565. The van der Waals surface area contributed by atoms with E-state index in [0.29, 0.717) is 0 Å². The molecule has 8 nitrogen and oxygen atoms in total. The van der Waals surface area contributed by atoms with Gasteiger partial charge >= 0.3 is 0 Å². The molecular weight excluding hydrogens is 394 g/mol. The number of hydrogen-bond acceptors (Lipinski definition) is 5. The number of rotatable bonds is 4. The average Bonchev–Trinajstić information content (AvgIpc) is 2.60. The number of fused-ring (bicyclic) bond motifs is 1. The summed E-state index contributed by atoms with van der Waals surface area (Å²) in [5.74, 6) is -0.568. The molecule has 10 heteroatoms. The van der Waals surface area contributed by atoms with Crippen molar-refractivity contribution in [2.75, 3.05) is 5.32 Å². The highest BCUT2D eigenvalue weighted by Gasteiger charge is 2.23. The van der Waals surface area contributed by atoms with Crippen LogP contribution in [0.3, 0.4) is 0 Å². The molecule has 0 aliphatic carbocycles. The number of carbonyl (C=O) groups is 1. The molecule has 0 heterocycles. The highest BCUT2D eigenvalue weighted by molar-refractivity contribution is 7.86. The van der Waals surface area contributed by atoms with Gasteiger partial charge in [0.25, 0.3) is 26.1 Å². The van der Waals surface area contributed by atoms with Gasteiger partial charge in [0, 0.05) is 16.3 Å². The molecule has 3 aromatic rings. The van der Waals surface area contributed by atoms with Crippen molar-refractivity contribution in [1.82, 2.24) is 0 Å². The molecule has 0 spiro atoms. The molecule has 0 aliphatic rings. The first-order valence-corrected chi connectivity index (χ1v) is 10.3. The molecule has 3 aromatic carbocycles. The molecule has 0 aromatic heterocycles. The van der Waals surface area contributed by atoms with Crippen LogP contribution in [0.2, 0.25) is 0 Å². The monoisotopic (exact) mass is 407 g/mol. The van der Waals surface area contributed by atoms with Gasteiger partial charge in [-0.2, -0.15) is 16.8 Å². The maximum atomic E-state index is 12.4. The van der Waals surface area contributed by atoms with Crippen LogP contribution in [0.1, 0.15) is 10.4 Å². The van der Waals surface area contributed by atoms with Gasteiger partial charge in [0.1, 0.15) is 9.79 Å². The SMILES string of the molecule is O=C(Nc1ccc(S(=O)(=O)O)c2cccc(S(=O)(=O)O)c12)c1ccccc1. The molecule has 1 amide bonds. The first kappa shape index (κ1) is 19.0. The highest BCUT2D eigenvalue weighted by Crippen LogP contribution is 2.34. The lowest BCUT2D eigenvalue weighted by Crippen LogP contribution is -2.13. The Bertz CT molecular complexity index is 1250. The minimum Gasteiger partial charge on any atom is -0.321 e. The molecule has 140 valence electrons. The molecule has 0 bridgehead atoms. The largest absolute Gasteiger partial charge is 0.321 e. The number of benzene rings is 3. The second-order valence-corrected chi connectivity index (χ2v) is 8.34. The first-order chi connectivity index (χ1) is 12.6. The van der Waals surface area contributed by atoms with Crippen LogP contribution in [0, 0.1) is 0 Å². The molecule has 27 heavy (non-hydrogen) atoms. The van der Waals surface area contributed by atoms with Crippen molar-refractivity contribution >= 4 is 42.6 Å². The predicted molar refractivity (Wildman–Crippen MR) is 98.0 cm³/mol. The minimum atomic E-state index is -4.74. The summed E-state index contributed by atoms with van der Waals surface area (Å²) in [7, 11) is -9.42. The Morgan fingerprint density at radius 1 is 0.741 bits per heavy atom. The van der Waals surface area contributed by atoms with Crippen LogP contribution in [0.5, 0.6) is 0 Å². The summed E-state index contributed by atoms with van der Waals surface area (Å²) < 4.78 is 65.6. The maximum Gasteiger partial charge on any atom is 0.295 e. The van der Waals surface area contributed by atoms with Gasteiger partial charge in [-0.05, 0) is 30.3 Å². The second-order valence-electron chi connectivity index (χ2n) is 5.56. The van der Waals surface area contributed by atoms with E-state index in [4.69, 9.17) is 0 Å². The zero-order valence-corrected chi connectivity index (χ0v) is 15.2. The minimum absolute atomic E-state index is 0.0421. The fourth-order valence-electron chi connectivity index (χ4n) is 2.67. The van der Waals surface area contributed by atoms with E-state index in [0.717, 1.165) is 18.2 Å². The Labute approximate surface area is 155 Å². The summed E-state index contributed by atoms with van der Waals surface area (Å²) in [6.07, 6.45) is 0. The molecule has 3 rings (SSSR count).